The molecule has 6 heteroatoms. The van der Waals surface area contributed by atoms with E-state index in [4.69, 9.17) is 0 Å². The molecule has 1 heterocycles. The molecule has 102 valence electrons. The van der Waals surface area contributed by atoms with Crippen LogP contribution in [0.3, 0.4) is 0 Å². The van der Waals surface area contributed by atoms with Gasteiger partial charge >= 0.3 is 0 Å². The third kappa shape index (κ3) is 4.85. The second-order valence-electron chi connectivity index (χ2n) is 5.51. The van der Waals surface area contributed by atoms with Crippen molar-refractivity contribution in [3.8, 4) is 0 Å². The van der Waals surface area contributed by atoms with Gasteiger partial charge in [0.05, 0.1) is 0 Å². The maximum Gasteiger partial charge on any atom is 0.279 e. The molecule has 1 saturated heterocycles. The monoisotopic (exact) mass is 326 g/mol. The Kier molecular flexibility index (Phi) is 5.43. The van der Waals surface area contributed by atoms with Crippen molar-refractivity contribution in [2.75, 3.05) is 18.4 Å². The normalized spacial score (nSPS) is 20.7. The van der Waals surface area contributed by atoms with E-state index in [1.165, 1.54) is 0 Å². The Bertz CT molecular complexity index is 335. The number of hydrogen-bond donors (Lipinski definition) is 1. The van der Waals surface area contributed by atoms with Crippen LogP contribution in [0.5, 0.6) is 0 Å². The molecule has 0 unspecified atom stereocenters. The number of halogens is 1. The summed E-state index contributed by atoms with van der Waals surface area (Å²) in [4.78, 5) is 0. The van der Waals surface area contributed by atoms with Crippen molar-refractivity contribution >= 4 is 26.1 Å². The topological polar surface area (TPSA) is 49.4 Å². The van der Waals surface area contributed by atoms with Crippen LogP contribution in [0.4, 0.5) is 0 Å². The quantitative estimate of drug-likeness (QED) is 0.787. The molecule has 17 heavy (non-hydrogen) atoms. The Morgan fingerprint density at radius 2 is 1.88 bits per heavy atom. The highest BCUT2D eigenvalue weighted by Crippen LogP contribution is 2.20. The summed E-state index contributed by atoms with van der Waals surface area (Å²) in [6, 6.07) is 0. The van der Waals surface area contributed by atoms with Gasteiger partial charge in [0, 0.05) is 24.0 Å². The molecular formula is C11H23BrN2O2S. The van der Waals surface area contributed by atoms with Crippen molar-refractivity contribution in [1.29, 1.82) is 0 Å². The van der Waals surface area contributed by atoms with E-state index in [0.29, 0.717) is 19.0 Å². The second-order valence-corrected chi connectivity index (χ2v) is 7.98. The Morgan fingerprint density at radius 1 is 1.35 bits per heavy atom. The molecule has 0 amide bonds. The van der Waals surface area contributed by atoms with E-state index in [1.54, 1.807) is 4.31 Å². The maximum atomic E-state index is 12.2. The van der Waals surface area contributed by atoms with Crippen LogP contribution in [0.1, 0.15) is 40.0 Å². The molecule has 1 aliphatic heterocycles. The summed E-state index contributed by atoms with van der Waals surface area (Å²) in [5.41, 5.74) is -0.397. The van der Waals surface area contributed by atoms with Gasteiger partial charge in [0.15, 0.2) is 0 Å². The van der Waals surface area contributed by atoms with E-state index in [1.807, 2.05) is 13.8 Å². The number of nitrogens with one attached hydrogen (secondary N) is 1. The molecule has 4 nitrogen and oxygen atoms in total. The average Bonchev–Trinajstić information content (AvgIpc) is 2.16. The van der Waals surface area contributed by atoms with Gasteiger partial charge in [-0.25, -0.2) is 0 Å². The third-order valence-electron chi connectivity index (χ3n) is 3.21. The molecule has 0 aliphatic carbocycles. The highest BCUT2D eigenvalue weighted by Gasteiger charge is 2.31. The average molecular weight is 327 g/mol. The van der Waals surface area contributed by atoms with Crippen LogP contribution in [0.2, 0.25) is 0 Å². The lowest BCUT2D eigenvalue weighted by atomic mass is 10.0. The van der Waals surface area contributed by atoms with Crippen molar-refractivity contribution in [3.63, 3.8) is 0 Å². The Hall–Kier alpha value is 0.350. The lowest BCUT2D eigenvalue weighted by molar-refractivity contribution is 0.279. The van der Waals surface area contributed by atoms with Crippen LogP contribution >= 0.6 is 15.9 Å². The van der Waals surface area contributed by atoms with E-state index in [0.717, 1.165) is 24.6 Å². The van der Waals surface area contributed by atoms with Gasteiger partial charge in [-0.15, -0.1) is 0 Å². The largest absolute Gasteiger partial charge is 0.279 e. The maximum absolute atomic E-state index is 12.2. The number of hydrogen-bond acceptors (Lipinski definition) is 2. The van der Waals surface area contributed by atoms with Crippen molar-refractivity contribution in [2.45, 2.75) is 45.6 Å². The summed E-state index contributed by atoms with van der Waals surface area (Å²) in [7, 11) is -3.32. The summed E-state index contributed by atoms with van der Waals surface area (Å²) in [6.45, 7) is 7.28. The number of rotatable bonds is 5. The molecule has 0 radical (unpaired) electrons. The highest BCUT2D eigenvalue weighted by atomic mass is 79.9. The Labute approximate surface area is 113 Å². The van der Waals surface area contributed by atoms with Gasteiger partial charge in [0.1, 0.15) is 0 Å². The molecule has 0 aromatic heterocycles. The fourth-order valence-corrected chi connectivity index (χ4v) is 4.54. The first-order chi connectivity index (χ1) is 7.77. The zero-order chi connectivity index (χ0) is 13.1. The standard InChI is InChI=1S/C11H23BrN2O2S/c1-10-4-8-14(9-5-10)17(15,16)13-11(2,3)6-7-12/h10,13H,4-9H2,1-3H3. The lowest BCUT2D eigenvalue weighted by Crippen LogP contribution is -2.52. The Balaban J connectivity index is 2.62. The minimum Gasteiger partial charge on any atom is -0.196 e. The van der Waals surface area contributed by atoms with Crippen LogP contribution in [-0.4, -0.2) is 36.7 Å². The fourth-order valence-electron chi connectivity index (χ4n) is 1.93. The van der Waals surface area contributed by atoms with Crippen molar-refractivity contribution < 1.29 is 8.42 Å². The van der Waals surface area contributed by atoms with E-state index in [9.17, 15) is 8.42 Å². The smallest absolute Gasteiger partial charge is 0.196 e. The van der Waals surface area contributed by atoms with Crippen molar-refractivity contribution in [1.82, 2.24) is 9.03 Å². The summed E-state index contributed by atoms with van der Waals surface area (Å²) in [6.07, 6.45) is 2.69. The summed E-state index contributed by atoms with van der Waals surface area (Å²) in [5.74, 6) is 0.636. The van der Waals surface area contributed by atoms with E-state index in [2.05, 4.69) is 27.6 Å². The van der Waals surface area contributed by atoms with Crippen molar-refractivity contribution in [3.05, 3.63) is 0 Å². The first-order valence-electron chi connectivity index (χ1n) is 6.12. The third-order valence-corrected chi connectivity index (χ3v) is 5.46. The SMILES string of the molecule is CC1CCN(S(=O)(=O)NC(C)(C)CCBr)CC1. The molecular weight excluding hydrogens is 304 g/mol. The van der Waals surface area contributed by atoms with Crippen LogP contribution in [-0.2, 0) is 10.2 Å². The van der Waals surface area contributed by atoms with Gasteiger partial charge in [-0.1, -0.05) is 22.9 Å². The summed E-state index contributed by atoms with van der Waals surface area (Å²) in [5, 5.41) is 0.791. The number of nitrogens with zero attached hydrogens (tertiary/aromatic N) is 1. The molecule has 1 fully saturated rings. The van der Waals surface area contributed by atoms with Gasteiger partial charge in [-0.3, -0.25) is 0 Å². The van der Waals surface area contributed by atoms with Crippen LogP contribution in [0.25, 0.3) is 0 Å². The zero-order valence-corrected chi connectivity index (χ0v) is 13.3. The zero-order valence-electron chi connectivity index (χ0n) is 10.9. The number of alkyl halides is 1. The van der Waals surface area contributed by atoms with Crippen LogP contribution in [0, 0.1) is 5.92 Å². The molecule has 0 aromatic carbocycles. The minimum atomic E-state index is -3.32. The van der Waals surface area contributed by atoms with E-state index >= 15 is 0 Å². The Morgan fingerprint density at radius 3 is 2.35 bits per heavy atom. The molecule has 1 N–H and O–H groups in total. The summed E-state index contributed by atoms with van der Waals surface area (Å²) >= 11 is 3.35. The van der Waals surface area contributed by atoms with Gasteiger partial charge < -0.3 is 0 Å². The highest BCUT2D eigenvalue weighted by molar-refractivity contribution is 9.09. The molecule has 1 rings (SSSR count). The molecule has 0 aromatic rings. The summed E-state index contributed by atoms with van der Waals surface area (Å²) < 4.78 is 28.7. The second kappa shape index (κ2) is 5.99. The van der Waals surface area contributed by atoms with Gasteiger partial charge in [0.2, 0.25) is 0 Å². The first-order valence-corrected chi connectivity index (χ1v) is 8.68. The van der Waals surface area contributed by atoms with Gasteiger partial charge in [-0.05, 0) is 39.0 Å². The van der Waals surface area contributed by atoms with E-state index in [-0.39, 0.29) is 0 Å². The first kappa shape index (κ1) is 15.4. The predicted octanol–water partition coefficient (Wildman–Crippen LogP) is 2.12. The molecule has 0 spiro atoms. The predicted molar refractivity (Wildman–Crippen MR) is 74.5 cm³/mol. The number of piperidine rings is 1. The van der Waals surface area contributed by atoms with Crippen LogP contribution in [0.15, 0.2) is 0 Å². The van der Waals surface area contributed by atoms with Gasteiger partial charge in [0.25, 0.3) is 10.2 Å². The molecule has 1 aliphatic rings. The molecule has 0 atom stereocenters. The van der Waals surface area contributed by atoms with E-state index < -0.39 is 15.7 Å². The van der Waals surface area contributed by atoms with Crippen LogP contribution < -0.4 is 4.72 Å². The minimum absolute atomic E-state index is 0.397. The van der Waals surface area contributed by atoms with Crippen molar-refractivity contribution in [2.24, 2.45) is 5.92 Å². The lowest BCUT2D eigenvalue weighted by Gasteiger charge is -2.33. The molecule has 0 saturated carbocycles. The van der Waals surface area contributed by atoms with Gasteiger partial charge in [-0.2, -0.15) is 17.4 Å². The fraction of sp³-hybridized carbons (Fsp3) is 1.00. The molecule has 0 bridgehead atoms.